The van der Waals surface area contributed by atoms with Gasteiger partial charge in [0.15, 0.2) is 0 Å². The first kappa shape index (κ1) is 24.8. The summed E-state index contributed by atoms with van der Waals surface area (Å²) in [5.41, 5.74) is 0.620. The molecule has 0 aliphatic rings. The monoisotopic (exact) mass is 510 g/mol. The number of hydrogen-bond donors (Lipinski definition) is 1. The van der Waals surface area contributed by atoms with Gasteiger partial charge in [-0.1, -0.05) is 39.7 Å². The van der Waals surface area contributed by atoms with Crippen LogP contribution in [0.25, 0.3) is 0 Å². The van der Waals surface area contributed by atoms with Crippen LogP contribution in [-0.4, -0.2) is 34.0 Å². The summed E-state index contributed by atoms with van der Waals surface area (Å²) in [4.78, 5) is 28.5. The molecular formula is C23H28BrClN2O2S. The first-order valence-electron chi connectivity index (χ1n) is 9.79. The van der Waals surface area contributed by atoms with Gasteiger partial charge < -0.3 is 10.2 Å². The van der Waals surface area contributed by atoms with E-state index in [0.717, 1.165) is 14.9 Å². The third-order valence-electron chi connectivity index (χ3n) is 4.33. The molecule has 0 spiro atoms. The lowest BCUT2D eigenvalue weighted by atomic mass is 10.1. The Morgan fingerprint density at radius 2 is 1.70 bits per heavy atom. The molecule has 0 saturated heterocycles. The molecule has 0 aliphatic carbocycles. The van der Waals surface area contributed by atoms with Crippen molar-refractivity contribution in [2.24, 2.45) is 0 Å². The highest BCUT2D eigenvalue weighted by Gasteiger charge is 2.28. The van der Waals surface area contributed by atoms with Gasteiger partial charge in [-0.25, -0.2) is 0 Å². The van der Waals surface area contributed by atoms with Crippen LogP contribution in [0, 0.1) is 0 Å². The molecule has 2 rings (SSSR count). The van der Waals surface area contributed by atoms with Gasteiger partial charge >= 0.3 is 0 Å². The summed E-state index contributed by atoms with van der Waals surface area (Å²) in [6, 6.07) is 14.8. The van der Waals surface area contributed by atoms with Gasteiger partial charge in [0.05, 0.1) is 0 Å². The normalized spacial score (nSPS) is 12.3. The number of halogens is 2. The molecule has 7 heteroatoms. The van der Waals surface area contributed by atoms with Gasteiger partial charge in [-0.05, 0) is 69.7 Å². The van der Waals surface area contributed by atoms with Crippen LogP contribution >= 0.6 is 39.3 Å². The fourth-order valence-corrected chi connectivity index (χ4v) is 4.01. The number of thioether (sulfide) groups is 1. The van der Waals surface area contributed by atoms with Crippen molar-refractivity contribution in [3.05, 3.63) is 63.6 Å². The zero-order valence-corrected chi connectivity index (χ0v) is 20.9. The van der Waals surface area contributed by atoms with Gasteiger partial charge in [0.25, 0.3) is 0 Å². The molecule has 0 heterocycles. The number of nitrogens with one attached hydrogen (secondary N) is 1. The summed E-state index contributed by atoms with van der Waals surface area (Å²) in [7, 11) is 0. The molecule has 162 valence electrons. The van der Waals surface area contributed by atoms with Crippen molar-refractivity contribution in [1.82, 2.24) is 10.2 Å². The van der Waals surface area contributed by atoms with E-state index < -0.39 is 6.04 Å². The van der Waals surface area contributed by atoms with Gasteiger partial charge in [0.1, 0.15) is 6.04 Å². The minimum atomic E-state index is -0.569. The molecule has 30 heavy (non-hydrogen) atoms. The second-order valence-electron chi connectivity index (χ2n) is 8.12. The molecule has 1 atom stereocenters. The van der Waals surface area contributed by atoms with Gasteiger partial charge in [-0.15, -0.1) is 11.8 Å². The van der Waals surface area contributed by atoms with Crippen molar-refractivity contribution < 1.29 is 9.59 Å². The summed E-state index contributed by atoms with van der Waals surface area (Å²) < 4.78 is 0.974. The van der Waals surface area contributed by atoms with Crippen LogP contribution in [0.15, 0.2) is 57.9 Å². The van der Waals surface area contributed by atoms with Crippen LogP contribution in [0.3, 0.4) is 0 Å². The van der Waals surface area contributed by atoms with E-state index in [9.17, 15) is 9.59 Å². The molecule has 1 N–H and O–H groups in total. The molecule has 0 radical (unpaired) electrons. The van der Waals surface area contributed by atoms with Crippen LogP contribution in [0.1, 0.15) is 39.7 Å². The Bertz CT molecular complexity index is 851. The summed E-state index contributed by atoms with van der Waals surface area (Å²) in [5.74, 6) is 0.430. The first-order chi connectivity index (χ1) is 14.0. The van der Waals surface area contributed by atoms with Gasteiger partial charge in [-0.3, -0.25) is 9.59 Å². The summed E-state index contributed by atoms with van der Waals surface area (Å²) in [6.07, 6.45) is 0.344. The predicted octanol–water partition coefficient (Wildman–Crippen LogP) is 5.92. The molecule has 2 aromatic carbocycles. The molecule has 2 amide bonds. The van der Waals surface area contributed by atoms with Crippen molar-refractivity contribution >= 4 is 51.1 Å². The molecule has 0 bridgehead atoms. The highest BCUT2D eigenvalue weighted by Crippen LogP contribution is 2.22. The average molecular weight is 512 g/mol. The fourth-order valence-electron chi connectivity index (χ4n) is 2.77. The van der Waals surface area contributed by atoms with Crippen LogP contribution in [0.5, 0.6) is 0 Å². The Morgan fingerprint density at radius 3 is 2.27 bits per heavy atom. The number of carbonyl (C=O) groups is 2. The standard InChI is InChI=1S/C23H28BrClN2O2S/c1-16(22(29)26-23(2,3)4)27(15-17-5-7-18(24)8-6-17)21(28)13-14-30-20-11-9-19(25)10-12-20/h5-12,16H,13-15H2,1-4H3,(H,26,29)/t16-/m1/s1. The minimum Gasteiger partial charge on any atom is -0.350 e. The van der Waals surface area contributed by atoms with Gasteiger partial charge in [0, 0.05) is 38.6 Å². The number of amides is 2. The molecular weight excluding hydrogens is 484 g/mol. The second-order valence-corrected chi connectivity index (χ2v) is 10.6. The molecule has 4 nitrogen and oxygen atoms in total. The molecule has 0 saturated carbocycles. The van der Waals surface area contributed by atoms with Crippen LogP contribution < -0.4 is 5.32 Å². The van der Waals surface area contributed by atoms with E-state index in [1.165, 1.54) is 0 Å². The molecule has 2 aromatic rings. The number of carbonyl (C=O) groups excluding carboxylic acids is 2. The fraction of sp³-hybridized carbons (Fsp3) is 0.391. The average Bonchev–Trinajstić information content (AvgIpc) is 2.67. The van der Waals surface area contributed by atoms with E-state index in [0.29, 0.717) is 23.7 Å². The maximum absolute atomic E-state index is 13.1. The Labute approximate surface area is 196 Å². The lowest BCUT2D eigenvalue weighted by Gasteiger charge is -2.31. The third-order valence-corrected chi connectivity index (χ3v) is 6.12. The largest absolute Gasteiger partial charge is 0.350 e. The Morgan fingerprint density at radius 1 is 1.10 bits per heavy atom. The van der Waals surface area contributed by atoms with Crippen molar-refractivity contribution in [3.63, 3.8) is 0 Å². The molecule has 0 unspecified atom stereocenters. The van der Waals surface area contributed by atoms with E-state index >= 15 is 0 Å². The molecule has 0 aliphatic heterocycles. The SMILES string of the molecule is C[C@H](C(=O)NC(C)(C)C)N(Cc1ccc(Br)cc1)C(=O)CCSc1ccc(Cl)cc1. The summed E-state index contributed by atoms with van der Waals surface area (Å²) in [5, 5.41) is 3.67. The van der Waals surface area contributed by atoms with E-state index in [2.05, 4.69) is 21.2 Å². The molecule has 0 fully saturated rings. The second kappa shape index (κ2) is 11.2. The zero-order valence-electron chi connectivity index (χ0n) is 17.7. The van der Waals surface area contributed by atoms with E-state index in [1.807, 2.05) is 69.3 Å². The van der Waals surface area contributed by atoms with Crippen molar-refractivity contribution in [2.75, 3.05) is 5.75 Å². The van der Waals surface area contributed by atoms with Crippen molar-refractivity contribution in [1.29, 1.82) is 0 Å². The Balaban J connectivity index is 2.08. The first-order valence-corrected chi connectivity index (χ1v) is 11.9. The summed E-state index contributed by atoms with van der Waals surface area (Å²) >= 11 is 11.0. The van der Waals surface area contributed by atoms with Crippen LogP contribution in [-0.2, 0) is 16.1 Å². The zero-order chi connectivity index (χ0) is 22.3. The van der Waals surface area contributed by atoms with Crippen molar-refractivity contribution in [2.45, 2.75) is 57.1 Å². The lowest BCUT2D eigenvalue weighted by Crippen LogP contribution is -2.52. The number of rotatable bonds is 8. The maximum Gasteiger partial charge on any atom is 0.242 e. The third kappa shape index (κ3) is 8.32. The number of nitrogens with zero attached hydrogens (tertiary/aromatic N) is 1. The van der Waals surface area contributed by atoms with Crippen LogP contribution in [0.2, 0.25) is 5.02 Å². The van der Waals surface area contributed by atoms with Gasteiger partial charge in [-0.2, -0.15) is 0 Å². The molecule has 0 aromatic heterocycles. The highest BCUT2D eigenvalue weighted by molar-refractivity contribution is 9.10. The number of hydrogen-bond acceptors (Lipinski definition) is 3. The Kier molecular flexibility index (Phi) is 9.26. The lowest BCUT2D eigenvalue weighted by molar-refractivity contribution is -0.140. The summed E-state index contributed by atoms with van der Waals surface area (Å²) in [6.45, 7) is 7.96. The minimum absolute atomic E-state index is 0.0454. The quantitative estimate of drug-likeness (QED) is 0.448. The smallest absolute Gasteiger partial charge is 0.242 e. The Hall–Kier alpha value is -1.50. The number of benzene rings is 2. The topological polar surface area (TPSA) is 49.4 Å². The van der Waals surface area contributed by atoms with E-state index in [1.54, 1.807) is 23.6 Å². The van der Waals surface area contributed by atoms with Crippen LogP contribution in [0.4, 0.5) is 0 Å². The maximum atomic E-state index is 13.1. The van der Waals surface area contributed by atoms with E-state index in [4.69, 9.17) is 11.6 Å². The van der Waals surface area contributed by atoms with Gasteiger partial charge in [0.2, 0.25) is 11.8 Å². The predicted molar refractivity (Wildman–Crippen MR) is 129 cm³/mol. The van der Waals surface area contributed by atoms with E-state index in [-0.39, 0.29) is 17.4 Å². The highest BCUT2D eigenvalue weighted by atomic mass is 79.9. The van der Waals surface area contributed by atoms with Crippen molar-refractivity contribution in [3.8, 4) is 0 Å².